The molecule has 0 aromatic rings. The Kier molecular flexibility index (Phi) is 3.57. The van der Waals surface area contributed by atoms with Crippen LogP contribution in [0.5, 0.6) is 0 Å². The number of halogens is 2. The fraction of sp³-hybridized carbons (Fsp3) is 0.923. The predicted octanol–water partition coefficient (Wildman–Crippen LogP) is 3.35. The van der Waals surface area contributed by atoms with Crippen LogP contribution >= 0.6 is 0 Å². The molecule has 1 rings (SSSR count). The minimum absolute atomic E-state index is 0.142. The Bertz CT molecular complexity index is 301. The van der Waals surface area contributed by atoms with Crippen LogP contribution in [0.4, 0.5) is 8.78 Å². The molecule has 1 aliphatic rings. The third kappa shape index (κ3) is 2.61. The molecule has 0 heterocycles. The van der Waals surface area contributed by atoms with Crippen molar-refractivity contribution in [3.8, 4) is 0 Å². The minimum Gasteiger partial charge on any atom is -0.369 e. The van der Waals surface area contributed by atoms with Crippen LogP contribution in [0.2, 0.25) is 0 Å². The molecule has 0 bridgehead atoms. The van der Waals surface area contributed by atoms with Crippen LogP contribution in [-0.2, 0) is 4.79 Å². The van der Waals surface area contributed by atoms with Crippen LogP contribution in [0.15, 0.2) is 0 Å². The molecule has 2 nitrogen and oxygen atoms in total. The van der Waals surface area contributed by atoms with Gasteiger partial charge in [-0.25, -0.2) is 8.78 Å². The molecule has 0 spiro atoms. The van der Waals surface area contributed by atoms with Crippen molar-refractivity contribution in [1.82, 2.24) is 0 Å². The van der Waals surface area contributed by atoms with Gasteiger partial charge in [0.25, 0.3) is 5.92 Å². The molecule has 1 fully saturated rings. The lowest BCUT2D eigenvalue weighted by Crippen LogP contribution is -2.51. The minimum atomic E-state index is -3.02. The van der Waals surface area contributed by atoms with E-state index in [0.29, 0.717) is 12.8 Å². The van der Waals surface area contributed by atoms with E-state index in [9.17, 15) is 13.6 Å². The fourth-order valence-electron chi connectivity index (χ4n) is 2.44. The molecule has 1 aliphatic carbocycles. The highest BCUT2D eigenvalue weighted by Gasteiger charge is 2.56. The third-order valence-electron chi connectivity index (χ3n) is 4.30. The lowest BCUT2D eigenvalue weighted by Gasteiger charge is -2.42. The molecule has 0 aliphatic heterocycles. The van der Waals surface area contributed by atoms with E-state index in [-0.39, 0.29) is 5.41 Å². The Morgan fingerprint density at radius 2 is 1.65 bits per heavy atom. The molecule has 17 heavy (non-hydrogen) atoms. The first-order valence-corrected chi connectivity index (χ1v) is 6.18. The summed E-state index contributed by atoms with van der Waals surface area (Å²) in [7, 11) is 0. The second kappa shape index (κ2) is 4.21. The molecule has 1 amide bonds. The topological polar surface area (TPSA) is 43.1 Å². The first-order valence-electron chi connectivity index (χ1n) is 6.18. The fourth-order valence-corrected chi connectivity index (χ4v) is 2.44. The summed E-state index contributed by atoms with van der Waals surface area (Å²) >= 11 is 0. The highest BCUT2D eigenvalue weighted by atomic mass is 19.3. The van der Waals surface area contributed by atoms with Crippen LogP contribution in [0.3, 0.4) is 0 Å². The molecule has 0 saturated heterocycles. The lowest BCUT2D eigenvalue weighted by atomic mass is 9.66. The van der Waals surface area contributed by atoms with Crippen molar-refractivity contribution in [2.75, 3.05) is 0 Å². The van der Waals surface area contributed by atoms with Crippen LogP contribution in [0.1, 0.15) is 53.4 Å². The maximum absolute atomic E-state index is 14.3. The second-order valence-corrected chi connectivity index (χ2v) is 6.55. The summed E-state index contributed by atoms with van der Waals surface area (Å²) < 4.78 is 28.6. The van der Waals surface area contributed by atoms with Gasteiger partial charge in [-0.1, -0.05) is 13.8 Å². The van der Waals surface area contributed by atoms with E-state index in [1.807, 2.05) is 0 Å². The van der Waals surface area contributed by atoms with Gasteiger partial charge >= 0.3 is 0 Å². The number of hydrogen-bond acceptors (Lipinski definition) is 1. The van der Waals surface area contributed by atoms with Crippen LogP contribution in [0, 0.1) is 16.7 Å². The summed E-state index contributed by atoms with van der Waals surface area (Å²) in [6.07, 6.45) is 2.50. The molecule has 4 heteroatoms. The van der Waals surface area contributed by atoms with Gasteiger partial charge in [-0.15, -0.1) is 0 Å². The molecule has 0 atom stereocenters. The zero-order valence-corrected chi connectivity index (χ0v) is 11.1. The first-order chi connectivity index (χ1) is 7.51. The molecule has 1 saturated carbocycles. The quantitative estimate of drug-likeness (QED) is 0.816. The average Bonchev–Trinajstić information content (AvgIpc) is 2.16. The maximum atomic E-state index is 14.3. The SMILES string of the molecule is CC1(C)CCC(C(F)(F)C(C)(C)C(N)=O)CC1. The van der Waals surface area contributed by atoms with Gasteiger partial charge < -0.3 is 5.73 Å². The average molecular weight is 247 g/mol. The number of amides is 1. The van der Waals surface area contributed by atoms with E-state index in [4.69, 9.17) is 5.73 Å². The Balaban J connectivity index is 2.83. The van der Waals surface area contributed by atoms with E-state index in [1.54, 1.807) is 0 Å². The number of alkyl halides is 2. The Morgan fingerprint density at radius 3 is 2.00 bits per heavy atom. The van der Waals surface area contributed by atoms with Gasteiger partial charge in [0.05, 0.1) is 0 Å². The van der Waals surface area contributed by atoms with Crippen LogP contribution < -0.4 is 5.73 Å². The van der Waals surface area contributed by atoms with Crippen LogP contribution in [0.25, 0.3) is 0 Å². The monoisotopic (exact) mass is 247 g/mol. The number of rotatable bonds is 3. The standard InChI is InChI=1S/C13H23F2NO/c1-11(2)7-5-9(6-8-11)13(14,15)12(3,4)10(16)17/h9H,5-8H2,1-4H3,(H2,16,17). The molecular weight excluding hydrogens is 224 g/mol. The summed E-state index contributed by atoms with van der Waals surface area (Å²) in [6, 6.07) is 0. The third-order valence-corrected chi connectivity index (χ3v) is 4.30. The van der Waals surface area contributed by atoms with E-state index >= 15 is 0 Å². The zero-order chi connectivity index (χ0) is 13.5. The highest BCUT2D eigenvalue weighted by molar-refractivity contribution is 5.81. The van der Waals surface area contributed by atoms with Gasteiger partial charge in [-0.3, -0.25) is 4.79 Å². The van der Waals surface area contributed by atoms with E-state index in [2.05, 4.69) is 13.8 Å². The van der Waals surface area contributed by atoms with Crippen molar-refractivity contribution in [3.05, 3.63) is 0 Å². The largest absolute Gasteiger partial charge is 0.369 e. The van der Waals surface area contributed by atoms with Gasteiger partial charge in [0.2, 0.25) is 5.91 Å². The lowest BCUT2D eigenvalue weighted by molar-refractivity contribution is -0.175. The summed E-state index contributed by atoms with van der Waals surface area (Å²) in [6.45, 7) is 6.69. The van der Waals surface area contributed by atoms with Gasteiger partial charge in [-0.05, 0) is 44.9 Å². The zero-order valence-electron chi connectivity index (χ0n) is 11.1. The molecular formula is C13H23F2NO. The van der Waals surface area contributed by atoms with Crippen molar-refractivity contribution in [2.24, 2.45) is 22.5 Å². The molecule has 100 valence electrons. The number of nitrogens with two attached hydrogens (primary N) is 1. The molecule has 0 aromatic heterocycles. The number of carbonyl (C=O) groups excluding carboxylic acids is 1. The van der Waals surface area contributed by atoms with Crippen molar-refractivity contribution < 1.29 is 13.6 Å². The first kappa shape index (κ1) is 14.4. The molecule has 0 aromatic carbocycles. The van der Waals surface area contributed by atoms with Gasteiger partial charge in [-0.2, -0.15) is 0 Å². The van der Waals surface area contributed by atoms with E-state index in [1.165, 1.54) is 13.8 Å². The normalized spacial score (nSPS) is 22.5. The van der Waals surface area contributed by atoms with Gasteiger partial charge in [0.1, 0.15) is 5.41 Å². The second-order valence-electron chi connectivity index (χ2n) is 6.55. The van der Waals surface area contributed by atoms with E-state index in [0.717, 1.165) is 12.8 Å². The Morgan fingerprint density at radius 1 is 1.24 bits per heavy atom. The summed E-state index contributed by atoms with van der Waals surface area (Å²) in [4.78, 5) is 11.2. The van der Waals surface area contributed by atoms with Crippen molar-refractivity contribution >= 4 is 5.91 Å². The summed E-state index contributed by atoms with van der Waals surface area (Å²) in [5.74, 6) is -4.67. The molecule has 0 unspecified atom stereocenters. The summed E-state index contributed by atoms with van der Waals surface area (Å²) in [5, 5.41) is 0. The summed E-state index contributed by atoms with van der Waals surface area (Å²) in [5.41, 5.74) is 3.47. The number of hydrogen-bond donors (Lipinski definition) is 1. The smallest absolute Gasteiger partial charge is 0.264 e. The van der Waals surface area contributed by atoms with Crippen molar-refractivity contribution in [2.45, 2.75) is 59.3 Å². The van der Waals surface area contributed by atoms with E-state index < -0.39 is 23.2 Å². The maximum Gasteiger partial charge on any atom is 0.264 e. The predicted molar refractivity (Wildman–Crippen MR) is 63.7 cm³/mol. The van der Waals surface area contributed by atoms with Gasteiger partial charge in [0.15, 0.2) is 0 Å². The number of primary amides is 1. The molecule has 0 radical (unpaired) electrons. The Labute approximate surface area is 102 Å². The molecule has 2 N–H and O–H groups in total. The van der Waals surface area contributed by atoms with Gasteiger partial charge in [0, 0.05) is 5.92 Å². The van der Waals surface area contributed by atoms with Crippen molar-refractivity contribution in [1.29, 1.82) is 0 Å². The Hall–Kier alpha value is -0.670. The van der Waals surface area contributed by atoms with Crippen molar-refractivity contribution in [3.63, 3.8) is 0 Å². The number of carbonyl (C=O) groups is 1. The highest BCUT2D eigenvalue weighted by Crippen LogP contribution is 2.50. The van der Waals surface area contributed by atoms with Crippen LogP contribution in [-0.4, -0.2) is 11.8 Å².